The molecule has 0 aliphatic rings. The fraction of sp³-hybridized carbons (Fsp3) is 0.100. The summed E-state index contributed by atoms with van der Waals surface area (Å²) in [6.07, 6.45) is 1.59. The minimum atomic E-state index is -0.379. The molecule has 2 N–H and O–H groups in total. The van der Waals surface area contributed by atoms with Crippen LogP contribution in [0.5, 0.6) is 0 Å². The van der Waals surface area contributed by atoms with Crippen molar-refractivity contribution < 1.29 is 9.59 Å². The molecular formula is C20H16N4O3. The van der Waals surface area contributed by atoms with E-state index >= 15 is 0 Å². The number of aromatic amines is 1. The third kappa shape index (κ3) is 3.10. The maximum atomic E-state index is 12.7. The van der Waals surface area contributed by atoms with Gasteiger partial charge in [-0.15, -0.1) is 0 Å². The third-order valence-electron chi connectivity index (χ3n) is 4.39. The van der Waals surface area contributed by atoms with Gasteiger partial charge in [-0.25, -0.2) is 4.68 Å². The van der Waals surface area contributed by atoms with Crippen LogP contribution in [0.3, 0.4) is 0 Å². The molecule has 0 spiro atoms. The molecule has 7 nitrogen and oxygen atoms in total. The number of para-hydroxylation sites is 1. The third-order valence-corrected chi connectivity index (χ3v) is 4.39. The Hall–Kier alpha value is -3.74. The lowest BCUT2D eigenvalue weighted by molar-refractivity contribution is -0.117. The maximum Gasteiger partial charge on any atom is 0.291 e. The molecule has 0 radical (unpaired) electrons. The molecule has 4 rings (SSSR count). The number of ketones is 1. The quantitative estimate of drug-likeness (QED) is 0.547. The van der Waals surface area contributed by atoms with Crippen molar-refractivity contribution in [2.45, 2.75) is 13.5 Å². The average molecular weight is 360 g/mol. The summed E-state index contributed by atoms with van der Waals surface area (Å²) in [6.45, 7) is 1.27. The Labute approximate surface area is 153 Å². The van der Waals surface area contributed by atoms with Crippen molar-refractivity contribution >= 4 is 39.2 Å². The first kappa shape index (κ1) is 16.7. The molecule has 0 aliphatic carbocycles. The predicted octanol–water partition coefficient (Wildman–Crippen LogP) is 2.72. The van der Waals surface area contributed by atoms with Gasteiger partial charge >= 0.3 is 0 Å². The number of benzene rings is 2. The molecule has 0 atom stereocenters. The van der Waals surface area contributed by atoms with Crippen LogP contribution in [0.1, 0.15) is 17.3 Å². The summed E-state index contributed by atoms with van der Waals surface area (Å²) in [4.78, 5) is 39.3. The molecule has 2 aromatic heterocycles. The summed E-state index contributed by atoms with van der Waals surface area (Å²) < 4.78 is 1.12. The smallest absolute Gasteiger partial charge is 0.291 e. The molecule has 27 heavy (non-hydrogen) atoms. The fourth-order valence-corrected chi connectivity index (χ4v) is 3.01. The number of nitrogens with zero attached hydrogens (tertiary/aromatic N) is 2. The SMILES string of the molecule is CC(=O)c1ccc(NC(=O)Cn2ncc3c([nH]c4ccccc43)c2=O)cc1. The first-order valence-electron chi connectivity index (χ1n) is 8.40. The van der Waals surface area contributed by atoms with Crippen LogP contribution < -0.4 is 10.9 Å². The Balaban J connectivity index is 1.58. The predicted molar refractivity (Wildman–Crippen MR) is 103 cm³/mol. The summed E-state index contributed by atoms with van der Waals surface area (Å²) in [6, 6.07) is 14.1. The molecule has 4 aromatic rings. The van der Waals surface area contributed by atoms with E-state index in [0.717, 1.165) is 21.0 Å². The van der Waals surface area contributed by atoms with E-state index in [4.69, 9.17) is 0 Å². The van der Waals surface area contributed by atoms with E-state index < -0.39 is 0 Å². The normalized spacial score (nSPS) is 11.0. The highest BCUT2D eigenvalue weighted by Gasteiger charge is 2.12. The standard InChI is InChI=1S/C20H16N4O3/c1-12(25)13-6-8-14(9-7-13)22-18(26)11-24-20(27)19-16(10-21-24)15-4-2-3-5-17(15)23-19/h2-10,23H,11H2,1H3,(H,22,26). The van der Waals surface area contributed by atoms with E-state index in [-0.39, 0.29) is 23.8 Å². The Kier molecular flexibility index (Phi) is 4.04. The number of nitrogens with one attached hydrogen (secondary N) is 2. The maximum absolute atomic E-state index is 12.7. The van der Waals surface area contributed by atoms with Crippen molar-refractivity contribution in [1.29, 1.82) is 0 Å². The molecule has 0 bridgehead atoms. The highest BCUT2D eigenvalue weighted by atomic mass is 16.2. The van der Waals surface area contributed by atoms with Crippen LogP contribution in [0, 0.1) is 0 Å². The van der Waals surface area contributed by atoms with Crippen molar-refractivity contribution in [3.8, 4) is 0 Å². The van der Waals surface area contributed by atoms with Crippen LogP contribution in [0.4, 0.5) is 5.69 Å². The molecule has 0 aliphatic heterocycles. The monoisotopic (exact) mass is 360 g/mol. The van der Waals surface area contributed by atoms with Crippen LogP contribution >= 0.6 is 0 Å². The van der Waals surface area contributed by atoms with E-state index in [2.05, 4.69) is 15.4 Å². The molecule has 7 heteroatoms. The molecule has 0 fully saturated rings. The van der Waals surface area contributed by atoms with Crippen LogP contribution in [-0.4, -0.2) is 26.5 Å². The van der Waals surface area contributed by atoms with E-state index in [1.165, 1.54) is 6.92 Å². The number of aromatic nitrogens is 3. The number of anilines is 1. The van der Waals surface area contributed by atoms with Gasteiger partial charge in [0.25, 0.3) is 5.56 Å². The number of rotatable bonds is 4. The number of carbonyl (C=O) groups is 2. The fourth-order valence-electron chi connectivity index (χ4n) is 3.01. The van der Waals surface area contributed by atoms with Crippen LogP contribution in [0.2, 0.25) is 0 Å². The lowest BCUT2D eigenvalue weighted by atomic mass is 10.1. The molecule has 1 amide bonds. The number of carbonyl (C=O) groups excluding carboxylic acids is 2. The van der Waals surface area contributed by atoms with Gasteiger partial charge in [-0.2, -0.15) is 5.10 Å². The second kappa shape index (κ2) is 6.53. The van der Waals surface area contributed by atoms with Gasteiger partial charge in [0.05, 0.1) is 6.20 Å². The zero-order valence-corrected chi connectivity index (χ0v) is 14.5. The zero-order chi connectivity index (χ0) is 19.0. The largest absolute Gasteiger partial charge is 0.350 e. The molecule has 2 heterocycles. The lowest BCUT2D eigenvalue weighted by Gasteiger charge is -2.07. The number of Topliss-reactive ketones (excluding diaryl/α,β-unsaturated/α-hetero) is 1. The zero-order valence-electron chi connectivity index (χ0n) is 14.5. The first-order valence-corrected chi connectivity index (χ1v) is 8.40. The highest BCUT2D eigenvalue weighted by Crippen LogP contribution is 2.21. The Morgan fingerprint density at radius 1 is 1.07 bits per heavy atom. The van der Waals surface area contributed by atoms with Crippen LogP contribution in [0.15, 0.2) is 59.5 Å². The molecule has 2 aromatic carbocycles. The second-order valence-corrected chi connectivity index (χ2v) is 6.25. The number of amides is 1. The molecule has 0 unspecified atom stereocenters. The van der Waals surface area contributed by atoms with Crippen LogP contribution in [0.25, 0.3) is 21.8 Å². The Bertz CT molecular complexity index is 1240. The summed E-state index contributed by atoms with van der Waals surface area (Å²) >= 11 is 0. The van der Waals surface area contributed by atoms with Crippen molar-refractivity contribution in [3.05, 3.63) is 70.6 Å². The van der Waals surface area contributed by atoms with E-state index in [1.807, 2.05) is 24.3 Å². The van der Waals surface area contributed by atoms with Crippen molar-refractivity contribution in [1.82, 2.24) is 14.8 Å². The second-order valence-electron chi connectivity index (χ2n) is 6.25. The summed E-state index contributed by atoms with van der Waals surface area (Å²) in [5, 5.41) is 8.47. The Morgan fingerprint density at radius 3 is 2.56 bits per heavy atom. The molecule has 134 valence electrons. The van der Waals surface area contributed by atoms with Crippen molar-refractivity contribution in [2.75, 3.05) is 5.32 Å². The van der Waals surface area contributed by atoms with Crippen molar-refractivity contribution in [3.63, 3.8) is 0 Å². The van der Waals surface area contributed by atoms with Gasteiger partial charge in [0.2, 0.25) is 5.91 Å². The minimum Gasteiger partial charge on any atom is -0.350 e. The minimum absolute atomic E-state index is 0.0460. The number of hydrogen-bond acceptors (Lipinski definition) is 4. The first-order chi connectivity index (χ1) is 13.0. The summed E-state index contributed by atoms with van der Waals surface area (Å²) in [5.74, 6) is -0.425. The van der Waals surface area contributed by atoms with Gasteiger partial charge in [-0.1, -0.05) is 18.2 Å². The van der Waals surface area contributed by atoms with Gasteiger partial charge in [-0.3, -0.25) is 14.4 Å². The van der Waals surface area contributed by atoms with Gasteiger partial charge in [-0.05, 0) is 37.3 Å². The molecule has 0 saturated heterocycles. The number of H-pyrrole nitrogens is 1. The van der Waals surface area contributed by atoms with Crippen molar-refractivity contribution in [2.24, 2.45) is 0 Å². The molecule has 0 saturated carbocycles. The summed E-state index contributed by atoms with van der Waals surface area (Å²) in [5.41, 5.74) is 2.02. The van der Waals surface area contributed by atoms with Gasteiger partial charge in [0, 0.05) is 27.5 Å². The van der Waals surface area contributed by atoms with E-state index in [1.54, 1.807) is 30.5 Å². The topological polar surface area (TPSA) is 96.8 Å². The van der Waals surface area contributed by atoms with E-state index in [9.17, 15) is 14.4 Å². The average Bonchev–Trinajstić information content (AvgIpc) is 3.04. The summed E-state index contributed by atoms with van der Waals surface area (Å²) in [7, 11) is 0. The van der Waals surface area contributed by atoms with Gasteiger partial charge < -0.3 is 10.3 Å². The highest BCUT2D eigenvalue weighted by molar-refractivity contribution is 6.06. The molecular weight excluding hydrogens is 344 g/mol. The lowest BCUT2D eigenvalue weighted by Crippen LogP contribution is -2.29. The van der Waals surface area contributed by atoms with Gasteiger partial charge in [0.15, 0.2) is 5.78 Å². The van der Waals surface area contributed by atoms with Gasteiger partial charge in [0.1, 0.15) is 12.1 Å². The Morgan fingerprint density at radius 2 is 1.81 bits per heavy atom. The van der Waals surface area contributed by atoms with Crippen LogP contribution in [-0.2, 0) is 11.3 Å². The number of hydrogen-bond donors (Lipinski definition) is 2. The van der Waals surface area contributed by atoms with E-state index in [0.29, 0.717) is 16.8 Å². The number of fused-ring (bicyclic) bond motifs is 3.